The van der Waals surface area contributed by atoms with Crippen LogP contribution in [-0.4, -0.2) is 17.2 Å². The Kier molecular flexibility index (Phi) is 5.42. The summed E-state index contributed by atoms with van der Waals surface area (Å²) >= 11 is 0. The van der Waals surface area contributed by atoms with Gasteiger partial charge in [0, 0.05) is 5.69 Å². The molecule has 0 amide bonds. The van der Waals surface area contributed by atoms with Gasteiger partial charge in [0.1, 0.15) is 0 Å². The predicted octanol–water partition coefficient (Wildman–Crippen LogP) is 4.78. The third-order valence-electron chi connectivity index (χ3n) is 4.55. The molecule has 0 saturated heterocycles. The van der Waals surface area contributed by atoms with Gasteiger partial charge in [0.2, 0.25) is 7.28 Å². The molecule has 25 heavy (non-hydrogen) atoms. The fourth-order valence-electron chi connectivity index (χ4n) is 3.24. The van der Waals surface area contributed by atoms with Crippen LogP contribution in [0.5, 0.6) is 0 Å². The molecule has 0 aliphatic heterocycles. The number of aromatic amines is 1. The van der Waals surface area contributed by atoms with Crippen molar-refractivity contribution in [3.63, 3.8) is 0 Å². The van der Waals surface area contributed by atoms with Crippen molar-refractivity contribution in [2.75, 3.05) is 0 Å². The summed E-state index contributed by atoms with van der Waals surface area (Å²) in [5, 5.41) is 0. The number of nitrogens with zero attached hydrogens (tertiary/aromatic N) is 1. The molecule has 0 aliphatic rings. The number of hydrogen-bond donors (Lipinski definition) is 1. The van der Waals surface area contributed by atoms with Crippen molar-refractivity contribution in [1.29, 1.82) is 0 Å². The number of aromatic nitrogens is 2. The average molecular weight is 329 g/mol. The molecule has 1 heterocycles. The molecule has 0 aliphatic carbocycles. The fraction of sp³-hybridized carbons (Fsp3) is 0.318. The summed E-state index contributed by atoms with van der Waals surface area (Å²) in [6, 6.07) is 21.3. The molecule has 1 aromatic heterocycles. The van der Waals surface area contributed by atoms with Crippen molar-refractivity contribution < 1.29 is 0 Å². The first-order valence-corrected chi connectivity index (χ1v) is 9.10. The molecule has 0 fully saturated rings. The van der Waals surface area contributed by atoms with Crippen molar-refractivity contribution in [3.05, 3.63) is 83.2 Å². The van der Waals surface area contributed by atoms with E-state index in [2.05, 4.69) is 101 Å². The zero-order valence-corrected chi connectivity index (χ0v) is 15.5. The Bertz CT molecular complexity index is 726. The van der Waals surface area contributed by atoms with Crippen molar-refractivity contribution in [2.24, 2.45) is 0 Å². The fourth-order valence-corrected chi connectivity index (χ4v) is 3.24. The minimum atomic E-state index is 0.188. The highest BCUT2D eigenvalue weighted by atomic mass is 14.9. The molecular formula is C22H26BN2. The highest BCUT2D eigenvalue weighted by Gasteiger charge is 2.21. The summed E-state index contributed by atoms with van der Waals surface area (Å²) in [5.74, 6) is 1.05. The molecule has 2 aromatic carbocycles. The molecule has 3 heteroatoms. The van der Waals surface area contributed by atoms with Crippen molar-refractivity contribution in [3.8, 4) is 0 Å². The molecule has 0 atom stereocenters. The first kappa shape index (κ1) is 17.5. The molecule has 3 aromatic rings. The van der Waals surface area contributed by atoms with Crippen LogP contribution >= 0.6 is 0 Å². The van der Waals surface area contributed by atoms with E-state index in [0.717, 1.165) is 5.72 Å². The van der Waals surface area contributed by atoms with E-state index in [4.69, 9.17) is 4.98 Å². The molecule has 3 rings (SSSR count). The number of imidazole rings is 1. The highest BCUT2D eigenvalue weighted by molar-refractivity contribution is 6.54. The summed E-state index contributed by atoms with van der Waals surface area (Å²) in [5.41, 5.74) is 5.96. The smallest absolute Gasteiger partial charge is 0.215 e. The lowest BCUT2D eigenvalue weighted by Crippen LogP contribution is -2.26. The maximum Gasteiger partial charge on any atom is 0.215 e. The second-order valence-electron chi connectivity index (χ2n) is 7.20. The minimum absolute atomic E-state index is 0.188. The Labute approximate surface area is 152 Å². The van der Waals surface area contributed by atoms with Crippen LogP contribution < -0.4 is 5.72 Å². The van der Waals surface area contributed by atoms with Gasteiger partial charge < -0.3 is 4.98 Å². The first-order valence-electron chi connectivity index (χ1n) is 9.10. The van der Waals surface area contributed by atoms with E-state index in [0.29, 0.717) is 11.8 Å². The summed E-state index contributed by atoms with van der Waals surface area (Å²) in [6.45, 7) is 8.85. The van der Waals surface area contributed by atoms with Gasteiger partial charge >= 0.3 is 0 Å². The standard InChI is InChI=1S/C22H26BN2/c1-15(2)20-21(16(3)4)25-22(24-20)23-19(17-11-7-5-8-12-17)18-13-9-6-10-14-18/h5-16,19H,1-4H3,(H,24,25). The summed E-state index contributed by atoms with van der Waals surface area (Å²) in [7, 11) is 2.25. The van der Waals surface area contributed by atoms with E-state index in [1.165, 1.54) is 22.5 Å². The summed E-state index contributed by atoms with van der Waals surface area (Å²) in [6.07, 6.45) is 0. The van der Waals surface area contributed by atoms with Crippen LogP contribution in [0.3, 0.4) is 0 Å². The number of rotatable bonds is 6. The second-order valence-corrected chi connectivity index (χ2v) is 7.20. The monoisotopic (exact) mass is 329 g/mol. The van der Waals surface area contributed by atoms with Crippen LogP contribution in [0.4, 0.5) is 0 Å². The van der Waals surface area contributed by atoms with E-state index in [9.17, 15) is 0 Å². The van der Waals surface area contributed by atoms with Gasteiger partial charge in [-0.05, 0) is 28.8 Å². The largest absolute Gasteiger partial charge is 0.354 e. The molecule has 2 nitrogen and oxygen atoms in total. The molecule has 0 spiro atoms. The van der Waals surface area contributed by atoms with Crippen molar-refractivity contribution in [1.82, 2.24) is 9.97 Å². The summed E-state index contributed by atoms with van der Waals surface area (Å²) in [4.78, 5) is 8.48. The third-order valence-corrected chi connectivity index (χ3v) is 4.55. The normalized spacial score (nSPS) is 11.5. The Hall–Kier alpha value is -2.29. The minimum Gasteiger partial charge on any atom is -0.354 e. The number of H-pyrrole nitrogens is 1. The lowest BCUT2D eigenvalue weighted by Gasteiger charge is -2.16. The zero-order chi connectivity index (χ0) is 17.8. The van der Waals surface area contributed by atoms with Gasteiger partial charge in [-0.15, -0.1) is 0 Å². The van der Waals surface area contributed by atoms with Gasteiger partial charge in [0.15, 0.2) is 0 Å². The van der Waals surface area contributed by atoms with Gasteiger partial charge in [-0.1, -0.05) is 88.4 Å². The van der Waals surface area contributed by atoms with Crippen LogP contribution in [0.2, 0.25) is 0 Å². The Morgan fingerprint density at radius 3 is 1.68 bits per heavy atom. The molecule has 0 unspecified atom stereocenters. The van der Waals surface area contributed by atoms with Crippen LogP contribution in [-0.2, 0) is 0 Å². The maximum atomic E-state index is 4.91. The van der Waals surface area contributed by atoms with E-state index in [-0.39, 0.29) is 5.82 Å². The quantitative estimate of drug-likeness (QED) is 0.648. The van der Waals surface area contributed by atoms with Gasteiger partial charge in [0.05, 0.1) is 11.4 Å². The molecule has 127 valence electrons. The van der Waals surface area contributed by atoms with Crippen molar-refractivity contribution >= 4 is 13.0 Å². The number of nitrogens with one attached hydrogen (secondary N) is 1. The van der Waals surface area contributed by atoms with E-state index >= 15 is 0 Å². The van der Waals surface area contributed by atoms with Crippen LogP contribution in [0, 0.1) is 0 Å². The lowest BCUT2D eigenvalue weighted by atomic mass is 9.58. The predicted molar refractivity (Wildman–Crippen MR) is 107 cm³/mol. The van der Waals surface area contributed by atoms with Gasteiger partial charge in [-0.3, -0.25) is 0 Å². The van der Waals surface area contributed by atoms with Gasteiger partial charge in [0.25, 0.3) is 0 Å². The Morgan fingerprint density at radius 2 is 1.28 bits per heavy atom. The third kappa shape index (κ3) is 4.04. The topological polar surface area (TPSA) is 28.7 Å². The van der Waals surface area contributed by atoms with E-state index < -0.39 is 0 Å². The number of hydrogen-bond acceptors (Lipinski definition) is 1. The molecule has 0 saturated carbocycles. The van der Waals surface area contributed by atoms with Crippen LogP contribution in [0.1, 0.15) is 67.9 Å². The maximum absolute atomic E-state index is 4.91. The molecule has 1 radical (unpaired) electrons. The highest BCUT2D eigenvalue weighted by Crippen LogP contribution is 2.25. The van der Waals surface area contributed by atoms with Gasteiger partial charge in [-0.2, -0.15) is 0 Å². The Morgan fingerprint density at radius 1 is 0.760 bits per heavy atom. The van der Waals surface area contributed by atoms with E-state index in [1.807, 2.05) is 0 Å². The van der Waals surface area contributed by atoms with Crippen LogP contribution in [0.25, 0.3) is 0 Å². The van der Waals surface area contributed by atoms with E-state index in [1.54, 1.807) is 0 Å². The van der Waals surface area contributed by atoms with Crippen molar-refractivity contribution in [2.45, 2.75) is 45.3 Å². The SMILES string of the molecule is CC(C)c1nc([B]C(c2ccccc2)c2ccccc2)[nH]c1C(C)C. The number of benzene rings is 2. The summed E-state index contributed by atoms with van der Waals surface area (Å²) < 4.78 is 0. The van der Waals surface area contributed by atoms with Gasteiger partial charge in [-0.25, -0.2) is 4.98 Å². The average Bonchev–Trinajstić information content (AvgIpc) is 3.06. The molecular weight excluding hydrogens is 303 g/mol. The lowest BCUT2D eigenvalue weighted by molar-refractivity contribution is 0.759. The molecule has 1 N–H and O–H groups in total. The van der Waals surface area contributed by atoms with Crippen LogP contribution in [0.15, 0.2) is 60.7 Å². The second kappa shape index (κ2) is 7.73. The molecule has 0 bridgehead atoms. The zero-order valence-electron chi connectivity index (χ0n) is 15.5. The first-order chi connectivity index (χ1) is 12.1. The Balaban J connectivity index is 1.98.